The van der Waals surface area contributed by atoms with Gasteiger partial charge in [0.15, 0.2) is 0 Å². The molecule has 0 aliphatic rings. The fraction of sp³-hybridized carbons (Fsp3) is 0.182. The van der Waals surface area contributed by atoms with Gasteiger partial charge in [0, 0.05) is 4.88 Å². The summed E-state index contributed by atoms with van der Waals surface area (Å²) >= 11 is 1.17. The molecule has 0 aliphatic carbocycles. The van der Waals surface area contributed by atoms with Gasteiger partial charge in [0.2, 0.25) is 0 Å². The van der Waals surface area contributed by atoms with Gasteiger partial charge in [0.1, 0.15) is 11.9 Å². The van der Waals surface area contributed by atoms with Crippen LogP contribution in [0.2, 0.25) is 0 Å². The number of hydrogen-bond donors (Lipinski definition) is 1. The molecule has 0 radical (unpaired) electrons. The van der Waals surface area contributed by atoms with Crippen LogP contribution in [0.3, 0.4) is 0 Å². The lowest BCUT2D eigenvalue weighted by molar-refractivity contribution is -0.142. The van der Waals surface area contributed by atoms with Crippen molar-refractivity contribution in [3.05, 3.63) is 35.0 Å². The van der Waals surface area contributed by atoms with E-state index in [0.717, 1.165) is 5.39 Å². The van der Waals surface area contributed by atoms with E-state index in [1.54, 1.807) is 18.2 Å². The quantitative estimate of drug-likeness (QED) is 0.817. The minimum absolute atomic E-state index is 0.300. The maximum absolute atomic E-state index is 13.4. The van der Waals surface area contributed by atoms with Crippen molar-refractivity contribution in [2.45, 2.75) is 6.04 Å². The van der Waals surface area contributed by atoms with Crippen LogP contribution in [0.4, 0.5) is 4.39 Å². The third-order valence-electron chi connectivity index (χ3n) is 2.28. The fourth-order valence-electron chi connectivity index (χ4n) is 1.44. The predicted molar refractivity (Wildman–Crippen MR) is 60.7 cm³/mol. The molecule has 1 aromatic carbocycles. The maximum atomic E-state index is 13.4. The third-order valence-corrected chi connectivity index (χ3v) is 3.52. The average Bonchev–Trinajstić information content (AvgIpc) is 2.72. The lowest BCUT2D eigenvalue weighted by Gasteiger charge is -2.05. The Kier molecular flexibility index (Phi) is 2.89. The molecule has 0 spiro atoms. The number of methoxy groups -OCH3 is 1. The lowest BCUT2D eigenvalue weighted by atomic mass is 10.2. The largest absolute Gasteiger partial charge is 0.468 e. The zero-order chi connectivity index (χ0) is 11.7. The number of esters is 1. The van der Waals surface area contributed by atoms with Crippen molar-refractivity contribution >= 4 is 27.4 Å². The van der Waals surface area contributed by atoms with Crippen molar-refractivity contribution in [3.63, 3.8) is 0 Å². The number of halogens is 1. The van der Waals surface area contributed by atoms with E-state index in [9.17, 15) is 9.18 Å². The van der Waals surface area contributed by atoms with Crippen LogP contribution in [0.25, 0.3) is 10.1 Å². The normalized spacial score (nSPS) is 12.7. The molecule has 16 heavy (non-hydrogen) atoms. The first-order valence-corrected chi connectivity index (χ1v) is 5.46. The first kappa shape index (κ1) is 11.0. The zero-order valence-electron chi connectivity index (χ0n) is 8.57. The summed E-state index contributed by atoms with van der Waals surface area (Å²) in [6.45, 7) is 0. The summed E-state index contributed by atoms with van der Waals surface area (Å²) < 4.78 is 18.5. The first-order valence-electron chi connectivity index (χ1n) is 4.65. The number of carbonyl (C=O) groups is 1. The second kappa shape index (κ2) is 4.19. The molecule has 0 amide bonds. The van der Waals surface area contributed by atoms with Gasteiger partial charge in [-0.2, -0.15) is 0 Å². The third kappa shape index (κ3) is 1.79. The van der Waals surface area contributed by atoms with Crippen LogP contribution >= 0.6 is 11.3 Å². The summed E-state index contributed by atoms with van der Waals surface area (Å²) in [4.78, 5) is 11.8. The van der Waals surface area contributed by atoms with E-state index in [1.807, 2.05) is 0 Å². The number of thiophene rings is 1. The minimum atomic E-state index is -0.846. The predicted octanol–water partition coefficient (Wildman–Crippen LogP) is 2.21. The Balaban J connectivity index is 2.47. The Bertz CT molecular complexity index is 538. The minimum Gasteiger partial charge on any atom is -0.468 e. The second-order valence-corrected chi connectivity index (χ2v) is 4.39. The van der Waals surface area contributed by atoms with Crippen LogP contribution in [0.15, 0.2) is 24.3 Å². The van der Waals surface area contributed by atoms with Crippen molar-refractivity contribution in [3.8, 4) is 0 Å². The van der Waals surface area contributed by atoms with Crippen LogP contribution in [-0.2, 0) is 9.53 Å². The van der Waals surface area contributed by atoms with Crippen molar-refractivity contribution in [1.29, 1.82) is 0 Å². The summed E-state index contributed by atoms with van der Waals surface area (Å²) in [6, 6.07) is 5.65. The molecular weight excluding hydrogens is 229 g/mol. The van der Waals surface area contributed by atoms with E-state index in [2.05, 4.69) is 4.74 Å². The first-order chi connectivity index (χ1) is 7.63. The Morgan fingerprint density at radius 3 is 2.94 bits per heavy atom. The molecule has 2 aromatic rings. The molecule has 1 heterocycles. The standard InChI is InChI=1S/C11H10FNO2S/c1-15-11(14)9(13)8-5-6-3-2-4-7(12)10(6)16-8/h2-5,9H,13H2,1H3. The van der Waals surface area contributed by atoms with E-state index in [0.29, 0.717) is 9.58 Å². The number of benzene rings is 1. The summed E-state index contributed by atoms with van der Waals surface area (Å²) in [6.07, 6.45) is 0. The highest BCUT2D eigenvalue weighted by Crippen LogP contribution is 2.31. The van der Waals surface area contributed by atoms with Gasteiger partial charge in [-0.05, 0) is 17.5 Å². The number of hydrogen-bond acceptors (Lipinski definition) is 4. The number of nitrogens with two attached hydrogens (primary N) is 1. The highest BCUT2D eigenvalue weighted by atomic mass is 32.1. The molecular formula is C11H10FNO2S. The molecule has 0 saturated carbocycles. The molecule has 0 fully saturated rings. The van der Waals surface area contributed by atoms with Gasteiger partial charge in [-0.3, -0.25) is 0 Å². The Morgan fingerprint density at radius 2 is 2.31 bits per heavy atom. The molecule has 84 valence electrons. The highest BCUT2D eigenvalue weighted by Gasteiger charge is 2.19. The van der Waals surface area contributed by atoms with E-state index in [4.69, 9.17) is 5.73 Å². The molecule has 3 nitrogen and oxygen atoms in total. The molecule has 0 aliphatic heterocycles. The zero-order valence-corrected chi connectivity index (χ0v) is 9.38. The second-order valence-electron chi connectivity index (χ2n) is 3.31. The van der Waals surface area contributed by atoms with Crippen LogP contribution < -0.4 is 5.73 Å². The molecule has 0 saturated heterocycles. The van der Waals surface area contributed by atoms with Gasteiger partial charge in [-0.1, -0.05) is 12.1 Å². The number of rotatable bonds is 2. The Labute approximate surface area is 95.6 Å². The van der Waals surface area contributed by atoms with Crippen molar-refractivity contribution < 1.29 is 13.9 Å². The molecule has 1 atom stereocenters. The monoisotopic (exact) mass is 239 g/mol. The molecule has 1 unspecified atom stereocenters. The smallest absolute Gasteiger partial charge is 0.328 e. The SMILES string of the molecule is COC(=O)C(N)c1cc2cccc(F)c2s1. The average molecular weight is 239 g/mol. The Morgan fingerprint density at radius 1 is 1.56 bits per heavy atom. The number of carbonyl (C=O) groups excluding carboxylic acids is 1. The molecule has 5 heteroatoms. The van der Waals surface area contributed by atoms with Crippen LogP contribution in [-0.4, -0.2) is 13.1 Å². The van der Waals surface area contributed by atoms with Crippen molar-refractivity contribution in [1.82, 2.24) is 0 Å². The van der Waals surface area contributed by atoms with Gasteiger partial charge in [0.25, 0.3) is 0 Å². The van der Waals surface area contributed by atoms with Gasteiger partial charge >= 0.3 is 5.97 Å². The summed E-state index contributed by atoms with van der Waals surface area (Å²) in [7, 11) is 1.27. The lowest BCUT2D eigenvalue weighted by Crippen LogP contribution is -2.21. The molecule has 0 bridgehead atoms. The maximum Gasteiger partial charge on any atom is 0.328 e. The summed E-state index contributed by atoms with van der Waals surface area (Å²) in [5.74, 6) is -0.821. The van der Waals surface area contributed by atoms with E-state index in [1.165, 1.54) is 24.5 Å². The topological polar surface area (TPSA) is 52.3 Å². The number of fused-ring (bicyclic) bond motifs is 1. The van der Waals surface area contributed by atoms with Crippen LogP contribution in [0, 0.1) is 5.82 Å². The summed E-state index contributed by atoms with van der Waals surface area (Å²) in [5, 5.41) is 0.749. The van der Waals surface area contributed by atoms with Gasteiger partial charge in [-0.15, -0.1) is 11.3 Å². The van der Waals surface area contributed by atoms with E-state index < -0.39 is 12.0 Å². The summed E-state index contributed by atoms with van der Waals surface area (Å²) in [5.41, 5.74) is 5.68. The Hall–Kier alpha value is -1.46. The van der Waals surface area contributed by atoms with E-state index >= 15 is 0 Å². The molecule has 2 N–H and O–H groups in total. The molecule has 2 rings (SSSR count). The van der Waals surface area contributed by atoms with Gasteiger partial charge in [-0.25, -0.2) is 9.18 Å². The fourth-order valence-corrected chi connectivity index (χ4v) is 2.50. The number of ether oxygens (including phenoxy) is 1. The van der Waals surface area contributed by atoms with Crippen molar-refractivity contribution in [2.24, 2.45) is 5.73 Å². The highest BCUT2D eigenvalue weighted by molar-refractivity contribution is 7.19. The van der Waals surface area contributed by atoms with E-state index in [-0.39, 0.29) is 5.82 Å². The van der Waals surface area contributed by atoms with Crippen LogP contribution in [0.1, 0.15) is 10.9 Å². The van der Waals surface area contributed by atoms with Crippen LogP contribution in [0.5, 0.6) is 0 Å². The van der Waals surface area contributed by atoms with Gasteiger partial charge < -0.3 is 10.5 Å². The van der Waals surface area contributed by atoms with Gasteiger partial charge in [0.05, 0.1) is 11.8 Å². The van der Waals surface area contributed by atoms with Crippen molar-refractivity contribution in [2.75, 3.05) is 7.11 Å². The molecule has 1 aromatic heterocycles.